The topological polar surface area (TPSA) is 49.3 Å². The van der Waals surface area contributed by atoms with Gasteiger partial charge in [0, 0.05) is 10.9 Å². The lowest BCUT2D eigenvalue weighted by Gasteiger charge is -2.38. The first-order chi connectivity index (χ1) is 11.5. The smallest absolute Gasteiger partial charge is 0.335 e. The highest BCUT2D eigenvalue weighted by Crippen LogP contribution is 2.51. The van der Waals surface area contributed by atoms with Crippen LogP contribution in [0.3, 0.4) is 0 Å². The summed E-state index contributed by atoms with van der Waals surface area (Å²) in [6.07, 6.45) is 5.27. The summed E-state index contributed by atoms with van der Waals surface area (Å²) in [6.45, 7) is 0. The Bertz CT molecular complexity index is 845. The first-order valence-corrected chi connectivity index (χ1v) is 8.55. The molecule has 3 nitrogen and oxygen atoms in total. The van der Waals surface area contributed by atoms with Crippen LogP contribution in [0.4, 0.5) is 5.69 Å². The van der Waals surface area contributed by atoms with Crippen LogP contribution in [0.15, 0.2) is 48.6 Å². The number of halogens is 2. The minimum absolute atomic E-state index is 0.114. The summed E-state index contributed by atoms with van der Waals surface area (Å²) >= 11 is 12.4. The molecule has 1 aliphatic carbocycles. The molecular weight excluding hydrogens is 345 g/mol. The van der Waals surface area contributed by atoms with Crippen LogP contribution in [-0.2, 0) is 0 Å². The van der Waals surface area contributed by atoms with Crippen molar-refractivity contribution < 1.29 is 9.90 Å². The maximum Gasteiger partial charge on any atom is 0.335 e. The highest BCUT2D eigenvalue weighted by Gasteiger charge is 2.39. The van der Waals surface area contributed by atoms with Gasteiger partial charge in [0.15, 0.2) is 0 Å². The van der Waals surface area contributed by atoms with E-state index in [1.165, 1.54) is 6.07 Å². The molecule has 2 aromatic rings. The highest BCUT2D eigenvalue weighted by atomic mass is 35.5. The van der Waals surface area contributed by atoms with Crippen molar-refractivity contribution in [2.24, 2.45) is 5.92 Å². The number of aromatic carboxylic acids is 1. The van der Waals surface area contributed by atoms with Crippen LogP contribution >= 0.6 is 23.2 Å². The predicted octanol–water partition coefficient (Wildman–Crippen LogP) is 5.52. The number of hydrogen-bond donors (Lipinski definition) is 2. The maximum atomic E-state index is 11.3. The average molecular weight is 360 g/mol. The number of carboxylic acid groups (broad SMARTS) is 1. The van der Waals surface area contributed by atoms with Crippen molar-refractivity contribution >= 4 is 34.9 Å². The fraction of sp³-hybridized carbons (Fsp3) is 0.211. The van der Waals surface area contributed by atoms with Crippen molar-refractivity contribution in [1.29, 1.82) is 0 Å². The van der Waals surface area contributed by atoms with Crippen LogP contribution in [0.25, 0.3) is 0 Å². The van der Waals surface area contributed by atoms with Gasteiger partial charge in [-0.15, -0.1) is 0 Å². The lowest BCUT2D eigenvalue weighted by Crippen LogP contribution is -2.29. The zero-order chi connectivity index (χ0) is 16.8. The fourth-order valence-corrected chi connectivity index (χ4v) is 4.19. The molecule has 0 fully saturated rings. The number of benzene rings is 2. The van der Waals surface area contributed by atoms with Gasteiger partial charge in [0.2, 0.25) is 0 Å². The third-order valence-corrected chi connectivity index (χ3v) is 5.45. The first-order valence-electron chi connectivity index (χ1n) is 7.80. The number of allylic oxidation sites excluding steroid dienone is 2. The van der Waals surface area contributed by atoms with E-state index in [9.17, 15) is 9.90 Å². The summed E-state index contributed by atoms with van der Waals surface area (Å²) in [5, 5.41) is 14.0. The fourth-order valence-electron chi connectivity index (χ4n) is 3.78. The molecule has 4 rings (SSSR count). The molecule has 0 radical (unpaired) electrons. The minimum atomic E-state index is -0.960. The van der Waals surface area contributed by atoms with Gasteiger partial charge < -0.3 is 10.4 Å². The van der Waals surface area contributed by atoms with Crippen LogP contribution in [0.2, 0.25) is 10.0 Å². The summed E-state index contributed by atoms with van der Waals surface area (Å²) in [7, 11) is 0. The van der Waals surface area contributed by atoms with Crippen molar-refractivity contribution in [3.05, 3.63) is 75.3 Å². The summed E-state index contributed by atoms with van der Waals surface area (Å²) in [5.41, 5.74) is 3.17. The quantitative estimate of drug-likeness (QED) is 0.694. The third kappa shape index (κ3) is 2.48. The van der Waals surface area contributed by atoms with E-state index in [-0.39, 0.29) is 17.5 Å². The van der Waals surface area contributed by atoms with Crippen LogP contribution in [0.1, 0.15) is 39.9 Å². The van der Waals surface area contributed by atoms with E-state index in [0.29, 0.717) is 16.0 Å². The second-order valence-corrected chi connectivity index (χ2v) is 7.10. The lowest BCUT2D eigenvalue weighted by molar-refractivity contribution is 0.0696. The Morgan fingerprint density at radius 3 is 2.62 bits per heavy atom. The molecule has 2 aromatic carbocycles. The molecule has 1 heterocycles. The number of carboxylic acids is 1. The molecule has 0 aromatic heterocycles. The van der Waals surface area contributed by atoms with E-state index in [1.54, 1.807) is 6.07 Å². The van der Waals surface area contributed by atoms with Crippen LogP contribution in [-0.4, -0.2) is 11.1 Å². The first kappa shape index (κ1) is 15.6. The van der Waals surface area contributed by atoms with Gasteiger partial charge in [-0.25, -0.2) is 4.79 Å². The Labute approximate surface area is 149 Å². The largest absolute Gasteiger partial charge is 0.478 e. The van der Waals surface area contributed by atoms with Crippen molar-refractivity contribution in [3.8, 4) is 0 Å². The van der Waals surface area contributed by atoms with Gasteiger partial charge >= 0.3 is 5.97 Å². The SMILES string of the molecule is O=C(O)c1cc(Cl)c2c(c1)[C@H]1C=CC[C@H]1[C@H](c1ccc(Cl)cc1)N2. The maximum absolute atomic E-state index is 11.3. The van der Waals surface area contributed by atoms with Gasteiger partial charge in [-0.05, 0) is 47.7 Å². The van der Waals surface area contributed by atoms with Gasteiger partial charge in [-0.2, -0.15) is 0 Å². The molecule has 0 unspecified atom stereocenters. The standard InChI is InChI=1S/C19H15Cl2NO2/c20-12-6-4-10(5-7-12)17-14-3-1-2-13(14)15-8-11(19(23)24)9-16(21)18(15)22-17/h1-2,4-9,13-14,17,22H,3H2,(H,23,24)/t13-,14+,17-/m0/s1. The molecule has 122 valence electrons. The van der Waals surface area contributed by atoms with E-state index >= 15 is 0 Å². The van der Waals surface area contributed by atoms with Gasteiger partial charge in [0.1, 0.15) is 0 Å². The van der Waals surface area contributed by atoms with E-state index in [0.717, 1.165) is 23.2 Å². The van der Waals surface area contributed by atoms with Crippen LogP contribution < -0.4 is 5.32 Å². The Morgan fingerprint density at radius 2 is 1.92 bits per heavy atom. The second-order valence-electron chi connectivity index (χ2n) is 6.25. The molecule has 2 aliphatic rings. The molecule has 24 heavy (non-hydrogen) atoms. The van der Waals surface area contributed by atoms with E-state index < -0.39 is 5.97 Å². The van der Waals surface area contributed by atoms with Crippen LogP contribution in [0, 0.1) is 5.92 Å². The summed E-state index contributed by atoms with van der Waals surface area (Å²) in [4.78, 5) is 11.3. The Hall–Kier alpha value is -1.97. The number of hydrogen-bond acceptors (Lipinski definition) is 2. The predicted molar refractivity (Wildman–Crippen MR) is 96.2 cm³/mol. The molecule has 0 saturated heterocycles. The van der Waals surface area contributed by atoms with E-state index in [4.69, 9.17) is 23.2 Å². The van der Waals surface area contributed by atoms with E-state index in [1.807, 2.05) is 24.3 Å². The number of nitrogens with one attached hydrogen (secondary N) is 1. The van der Waals surface area contributed by atoms with Crippen molar-refractivity contribution in [1.82, 2.24) is 0 Å². The molecule has 0 amide bonds. The third-order valence-electron chi connectivity index (χ3n) is 4.90. The zero-order valence-electron chi connectivity index (χ0n) is 12.7. The lowest BCUT2D eigenvalue weighted by atomic mass is 9.76. The molecule has 5 heteroatoms. The molecule has 0 spiro atoms. The van der Waals surface area contributed by atoms with Crippen molar-refractivity contribution in [3.63, 3.8) is 0 Å². The number of carbonyl (C=O) groups is 1. The van der Waals surface area contributed by atoms with Gasteiger partial charge in [-0.3, -0.25) is 0 Å². The van der Waals surface area contributed by atoms with Crippen molar-refractivity contribution in [2.75, 3.05) is 5.32 Å². The molecule has 2 N–H and O–H groups in total. The normalized spacial score (nSPS) is 24.2. The molecule has 1 aliphatic heterocycles. The van der Waals surface area contributed by atoms with Crippen molar-refractivity contribution in [2.45, 2.75) is 18.4 Å². The average Bonchev–Trinajstić information content (AvgIpc) is 3.05. The number of rotatable bonds is 2. The summed E-state index contributed by atoms with van der Waals surface area (Å²) in [6, 6.07) is 11.2. The van der Waals surface area contributed by atoms with Gasteiger partial charge in [-0.1, -0.05) is 47.5 Å². The Kier molecular flexibility index (Phi) is 3.78. The zero-order valence-corrected chi connectivity index (χ0v) is 14.2. The Morgan fingerprint density at radius 1 is 1.17 bits per heavy atom. The molecule has 3 atom stereocenters. The highest BCUT2D eigenvalue weighted by molar-refractivity contribution is 6.34. The number of anilines is 1. The molecular formula is C19H15Cl2NO2. The number of fused-ring (bicyclic) bond motifs is 3. The molecule has 0 bridgehead atoms. The summed E-state index contributed by atoms with van der Waals surface area (Å²) in [5.74, 6) is -0.462. The Balaban J connectivity index is 1.82. The summed E-state index contributed by atoms with van der Waals surface area (Å²) < 4.78 is 0. The van der Waals surface area contributed by atoms with Crippen LogP contribution in [0.5, 0.6) is 0 Å². The van der Waals surface area contributed by atoms with E-state index in [2.05, 4.69) is 17.5 Å². The van der Waals surface area contributed by atoms with Gasteiger partial charge in [0.05, 0.1) is 22.3 Å². The second kappa shape index (κ2) is 5.83. The molecule has 0 saturated carbocycles. The van der Waals surface area contributed by atoms with Gasteiger partial charge in [0.25, 0.3) is 0 Å². The minimum Gasteiger partial charge on any atom is -0.478 e. The monoisotopic (exact) mass is 359 g/mol.